The number of ether oxygens (including phenoxy) is 1. The van der Waals surface area contributed by atoms with Crippen molar-refractivity contribution in [1.29, 1.82) is 0 Å². The minimum Gasteiger partial charge on any atom is -0.496 e. The summed E-state index contributed by atoms with van der Waals surface area (Å²) in [5.74, 6) is 1.01. The maximum atomic E-state index is 5.45. The van der Waals surface area contributed by atoms with Gasteiger partial charge in [-0.1, -0.05) is 0 Å². The van der Waals surface area contributed by atoms with Gasteiger partial charge >= 0.3 is 0 Å². The molecule has 100 valence electrons. The van der Waals surface area contributed by atoms with Crippen LogP contribution in [0.5, 0.6) is 5.75 Å². The second kappa shape index (κ2) is 5.61. The predicted molar refractivity (Wildman–Crippen MR) is 76.7 cm³/mol. The van der Waals surface area contributed by atoms with Crippen LogP contribution in [0.3, 0.4) is 0 Å². The summed E-state index contributed by atoms with van der Waals surface area (Å²) in [5.41, 5.74) is 4.96. The van der Waals surface area contributed by atoms with Crippen molar-refractivity contribution in [3.05, 3.63) is 22.8 Å². The first-order valence-corrected chi connectivity index (χ1v) is 6.75. The van der Waals surface area contributed by atoms with Gasteiger partial charge < -0.3 is 15.4 Å². The molecule has 1 atom stereocenters. The molecule has 2 rings (SSSR count). The molecule has 3 nitrogen and oxygen atoms in total. The zero-order chi connectivity index (χ0) is 13.1. The van der Waals surface area contributed by atoms with Crippen molar-refractivity contribution >= 4 is 5.69 Å². The minimum atomic E-state index is 0.618. The monoisotopic (exact) mass is 248 g/mol. The second-order valence-electron chi connectivity index (χ2n) is 5.20. The normalized spacial score (nSPS) is 19.0. The highest BCUT2D eigenvalue weighted by Gasteiger charge is 2.15. The van der Waals surface area contributed by atoms with E-state index in [9.17, 15) is 0 Å². The molecule has 0 aliphatic carbocycles. The van der Waals surface area contributed by atoms with Crippen molar-refractivity contribution in [2.45, 2.75) is 39.7 Å². The van der Waals surface area contributed by atoms with Gasteiger partial charge in [-0.2, -0.15) is 0 Å². The highest BCUT2D eigenvalue weighted by molar-refractivity contribution is 5.61. The minimum absolute atomic E-state index is 0.618. The summed E-state index contributed by atoms with van der Waals surface area (Å²) < 4.78 is 5.45. The van der Waals surface area contributed by atoms with Crippen LogP contribution in [0.2, 0.25) is 0 Å². The molecule has 0 aromatic heterocycles. The van der Waals surface area contributed by atoms with Gasteiger partial charge in [-0.25, -0.2) is 0 Å². The standard InChI is InChI=1S/C15H24N2O/c1-10-8-14(11(2)12(3)15(10)18-4)17-9-13-6-5-7-16-13/h8,13,16-17H,5-7,9H2,1-4H3. The second-order valence-corrected chi connectivity index (χ2v) is 5.20. The van der Waals surface area contributed by atoms with Crippen molar-refractivity contribution < 1.29 is 4.74 Å². The third-order valence-corrected chi connectivity index (χ3v) is 3.93. The highest BCUT2D eigenvalue weighted by Crippen LogP contribution is 2.31. The van der Waals surface area contributed by atoms with Gasteiger partial charge in [0.2, 0.25) is 0 Å². The lowest BCUT2D eigenvalue weighted by atomic mass is 10.0. The van der Waals surface area contributed by atoms with Gasteiger partial charge in [0.05, 0.1) is 7.11 Å². The van der Waals surface area contributed by atoms with Crippen LogP contribution >= 0.6 is 0 Å². The first-order chi connectivity index (χ1) is 8.63. The molecule has 1 heterocycles. The molecule has 1 unspecified atom stereocenters. The Labute approximate surface area is 110 Å². The number of methoxy groups -OCH3 is 1. The summed E-state index contributed by atoms with van der Waals surface area (Å²) in [6, 6.07) is 2.81. The van der Waals surface area contributed by atoms with Crippen LogP contribution in [0.25, 0.3) is 0 Å². The van der Waals surface area contributed by atoms with Crippen molar-refractivity contribution in [3.63, 3.8) is 0 Å². The van der Waals surface area contributed by atoms with Gasteiger partial charge in [0, 0.05) is 18.3 Å². The Kier molecular flexibility index (Phi) is 4.12. The van der Waals surface area contributed by atoms with Crippen LogP contribution in [0.4, 0.5) is 5.69 Å². The molecular formula is C15H24N2O. The summed E-state index contributed by atoms with van der Waals surface area (Å²) >= 11 is 0. The molecule has 1 fully saturated rings. The molecule has 1 aromatic carbocycles. The molecular weight excluding hydrogens is 224 g/mol. The number of benzene rings is 1. The van der Waals surface area contributed by atoms with E-state index in [1.165, 1.54) is 35.2 Å². The average molecular weight is 248 g/mol. The van der Waals surface area contributed by atoms with Crippen LogP contribution in [0, 0.1) is 20.8 Å². The third-order valence-electron chi connectivity index (χ3n) is 3.93. The number of nitrogens with one attached hydrogen (secondary N) is 2. The topological polar surface area (TPSA) is 33.3 Å². The van der Waals surface area contributed by atoms with E-state index in [4.69, 9.17) is 4.74 Å². The Morgan fingerprint density at radius 2 is 2.11 bits per heavy atom. The molecule has 3 heteroatoms. The first kappa shape index (κ1) is 13.2. The molecule has 0 amide bonds. The van der Waals surface area contributed by atoms with Crippen LogP contribution < -0.4 is 15.4 Å². The lowest BCUT2D eigenvalue weighted by Crippen LogP contribution is -2.29. The predicted octanol–water partition coefficient (Wildman–Crippen LogP) is 2.78. The fraction of sp³-hybridized carbons (Fsp3) is 0.600. The Balaban J connectivity index is 2.12. The lowest BCUT2D eigenvalue weighted by molar-refractivity contribution is 0.408. The number of anilines is 1. The smallest absolute Gasteiger partial charge is 0.125 e. The molecule has 1 aromatic rings. The highest BCUT2D eigenvalue weighted by atomic mass is 16.5. The van der Waals surface area contributed by atoms with E-state index in [1.54, 1.807) is 7.11 Å². The van der Waals surface area contributed by atoms with Crippen LogP contribution in [0.1, 0.15) is 29.5 Å². The maximum Gasteiger partial charge on any atom is 0.125 e. The van der Waals surface area contributed by atoms with Gasteiger partial charge in [-0.15, -0.1) is 0 Å². The lowest BCUT2D eigenvalue weighted by Gasteiger charge is -2.19. The van der Waals surface area contributed by atoms with Crippen molar-refractivity contribution in [2.24, 2.45) is 0 Å². The van der Waals surface area contributed by atoms with E-state index >= 15 is 0 Å². The molecule has 1 aliphatic rings. The zero-order valence-corrected chi connectivity index (χ0v) is 11.9. The Morgan fingerprint density at radius 3 is 2.72 bits per heavy atom. The SMILES string of the molecule is COc1c(C)cc(NCC2CCCN2)c(C)c1C. The molecule has 0 saturated carbocycles. The van der Waals surface area contributed by atoms with Crippen LogP contribution in [-0.2, 0) is 0 Å². The molecule has 1 saturated heterocycles. The van der Waals surface area contributed by atoms with Crippen molar-refractivity contribution in [2.75, 3.05) is 25.5 Å². The average Bonchev–Trinajstić information content (AvgIpc) is 2.86. The Morgan fingerprint density at radius 1 is 1.33 bits per heavy atom. The van der Waals surface area contributed by atoms with Gasteiger partial charge in [0.15, 0.2) is 0 Å². The number of aryl methyl sites for hydroxylation is 1. The molecule has 18 heavy (non-hydrogen) atoms. The molecule has 0 radical (unpaired) electrons. The zero-order valence-electron chi connectivity index (χ0n) is 11.9. The summed E-state index contributed by atoms with van der Waals surface area (Å²) in [6.45, 7) is 8.55. The van der Waals surface area contributed by atoms with E-state index in [0.717, 1.165) is 18.8 Å². The fourth-order valence-electron chi connectivity index (χ4n) is 2.72. The van der Waals surface area contributed by atoms with Gasteiger partial charge in [0.1, 0.15) is 5.75 Å². The molecule has 2 N–H and O–H groups in total. The van der Waals surface area contributed by atoms with E-state index in [2.05, 4.69) is 37.5 Å². The van der Waals surface area contributed by atoms with Gasteiger partial charge in [-0.3, -0.25) is 0 Å². The van der Waals surface area contributed by atoms with Gasteiger partial charge in [-0.05, 0) is 62.9 Å². The number of hydrogen-bond donors (Lipinski definition) is 2. The summed E-state index contributed by atoms with van der Waals surface area (Å²) in [7, 11) is 1.74. The Bertz CT molecular complexity index is 423. The largest absolute Gasteiger partial charge is 0.496 e. The number of hydrogen-bond acceptors (Lipinski definition) is 3. The summed E-state index contributed by atoms with van der Waals surface area (Å²) in [6.07, 6.45) is 2.58. The van der Waals surface area contributed by atoms with Crippen LogP contribution in [0.15, 0.2) is 6.07 Å². The van der Waals surface area contributed by atoms with E-state index < -0.39 is 0 Å². The molecule has 0 spiro atoms. The molecule has 0 bridgehead atoms. The molecule has 1 aliphatic heterocycles. The van der Waals surface area contributed by atoms with Crippen LogP contribution in [-0.4, -0.2) is 26.2 Å². The van der Waals surface area contributed by atoms with E-state index in [1.807, 2.05) is 0 Å². The van der Waals surface area contributed by atoms with E-state index in [-0.39, 0.29) is 0 Å². The van der Waals surface area contributed by atoms with E-state index in [0.29, 0.717) is 6.04 Å². The third kappa shape index (κ3) is 2.61. The first-order valence-electron chi connectivity index (χ1n) is 6.75. The van der Waals surface area contributed by atoms with Crippen molar-refractivity contribution in [3.8, 4) is 5.75 Å². The van der Waals surface area contributed by atoms with Gasteiger partial charge in [0.25, 0.3) is 0 Å². The van der Waals surface area contributed by atoms with Crippen molar-refractivity contribution in [1.82, 2.24) is 5.32 Å². The summed E-state index contributed by atoms with van der Waals surface area (Å²) in [5, 5.41) is 7.08. The number of rotatable bonds is 4. The maximum absolute atomic E-state index is 5.45. The fourth-order valence-corrected chi connectivity index (χ4v) is 2.72. The summed E-state index contributed by atoms with van der Waals surface area (Å²) in [4.78, 5) is 0. The Hall–Kier alpha value is -1.22. The quantitative estimate of drug-likeness (QED) is 0.859.